The van der Waals surface area contributed by atoms with E-state index in [0.717, 1.165) is 11.2 Å². The van der Waals surface area contributed by atoms with Crippen LogP contribution in [0.3, 0.4) is 0 Å². The summed E-state index contributed by atoms with van der Waals surface area (Å²) in [4.78, 5) is 7.81. The van der Waals surface area contributed by atoms with Gasteiger partial charge in [0.15, 0.2) is 5.13 Å². The minimum absolute atomic E-state index is 0.607. The van der Waals surface area contributed by atoms with E-state index in [4.69, 9.17) is 5.73 Å². The summed E-state index contributed by atoms with van der Waals surface area (Å²) < 4.78 is 0. The van der Waals surface area contributed by atoms with Gasteiger partial charge in [-0.1, -0.05) is 0 Å². The summed E-state index contributed by atoms with van der Waals surface area (Å²) in [6, 6.07) is 0.719. The van der Waals surface area contributed by atoms with Crippen molar-refractivity contribution < 1.29 is 0 Å². The van der Waals surface area contributed by atoms with Gasteiger partial charge in [0.05, 0.1) is 0 Å². The van der Waals surface area contributed by atoms with Crippen LogP contribution in [-0.4, -0.2) is 18.1 Å². The van der Waals surface area contributed by atoms with Gasteiger partial charge in [0.1, 0.15) is 0 Å². The first kappa shape index (κ1) is 8.97. The average molecular weight is 197 g/mol. The van der Waals surface area contributed by atoms with E-state index in [1.807, 2.05) is 6.20 Å². The van der Waals surface area contributed by atoms with E-state index in [1.165, 1.54) is 24.1 Å². The minimum atomic E-state index is 0.607. The van der Waals surface area contributed by atoms with Gasteiger partial charge in [-0.3, -0.25) is 0 Å². The SMILES string of the molecule is CN(c1ncc(CN)s1)C1CCC1. The summed E-state index contributed by atoms with van der Waals surface area (Å²) in [6.07, 6.45) is 5.88. The summed E-state index contributed by atoms with van der Waals surface area (Å²) in [6.45, 7) is 0.607. The van der Waals surface area contributed by atoms with Crippen LogP contribution in [0.1, 0.15) is 24.1 Å². The second-order valence-electron chi connectivity index (χ2n) is 3.51. The molecular weight excluding hydrogens is 182 g/mol. The summed E-state index contributed by atoms with van der Waals surface area (Å²) in [5.41, 5.74) is 5.54. The normalized spacial score (nSPS) is 17.1. The molecule has 0 atom stereocenters. The second kappa shape index (κ2) is 3.64. The first-order valence-corrected chi connectivity index (χ1v) is 5.50. The number of thiazole rings is 1. The highest BCUT2D eigenvalue weighted by atomic mass is 32.1. The molecule has 1 aliphatic carbocycles. The van der Waals surface area contributed by atoms with Crippen molar-refractivity contribution >= 4 is 16.5 Å². The van der Waals surface area contributed by atoms with Crippen molar-refractivity contribution in [3.05, 3.63) is 11.1 Å². The first-order valence-electron chi connectivity index (χ1n) is 4.69. The van der Waals surface area contributed by atoms with Gasteiger partial charge in [0, 0.05) is 30.7 Å². The smallest absolute Gasteiger partial charge is 0.185 e. The molecule has 72 valence electrons. The van der Waals surface area contributed by atoms with Gasteiger partial charge in [-0.05, 0) is 19.3 Å². The molecule has 0 amide bonds. The molecule has 0 spiro atoms. The summed E-state index contributed by atoms with van der Waals surface area (Å²) in [7, 11) is 2.13. The molecule has 1 aromatic heterocycles. The number of rotatable bonds is 3. The van der Waals surface area contributed by atoms with Crippen molar-refractivity contribution in [3.8, 4) is 0 Å². The van der Waals surface area contributed by atoms with E-state index in [9.17, 15) is 0 Å². The van der Waals surface area contributed by atoms with Crippen LogP contribution in [0.25, 0.3) is 0 Å². The molecule has 1 fully saturated rings. The molecular formula is C9H15N3S. The molecule has 0 aromatic carbocycles. The lowest BCUT2D eigenvalue weighted by molar-refractivity contribution is 0.401. The zero-order valence-electron chi connectivity index (χ0n) is 7.86. The fraction of sp³-hybridized carbons (Fsp3) is 0.667. The van der Waals surface area contributed by atoms with Gasteiger partial charge in [-0.15, -0.1) is 11.3 Å². The zero-order chi connectivity index (χ0) is 9.26. The number of hydrogen-bond acceptors (Lipinski definition) is 4. The maximum Gasteiger partial charge on any atom is 0.185 e. The molecule has 2 rings (SSSR count). The lowest BCUT2D eigenvalue weighted by Crippen LogP contribution is -2.36. The Morgan fingerprint density at radius 3 is 2.92 bits per heavy atom. The molecule has 0 unspecified atom stereocenters. The number of aromatic nitrogens is 1. The largest absolute Gasteiger partial charge is 0.348 e. The highest BCUT2D eigenvalue weighted by molar-refractivity contribution is 7.15. The van der Waals surface area contributed by atoms with Crippen LogP contribution in [0, 0.1) is 0 Å². The van der Waals surface area contributed by atoms with Crippen LogP contribution in [0.2, 0.25) is 0 Å². The Hall–Kier alpha value is -0.610. The molecule has 2 N–H and O–H groups in total. The molecule has 0 aliphatic heterocycles. The fourth-order valence-corrected chi connectivity index (χ4v) is 2.31. The molecule has 4 heteroatoms. The maximum absolute atomic E-state index is 5.54. The summed E-state index contributed by atoms with van der Waals surface area (Å²) >= 11 is 1.71. The zero-order valence-corrected chi connectivity index (χ0v) is 8.68. The Kier molecular flexibility index (Phi) is 2.51. The average Bonchev–Trinajstić information content (AvgIpc) is 2.48. The lowest BCUT2D eigenvalue weighted by Gasteiger charge is -2.34. The molecule has 0 bridgehead atoms. The predicted octanol–water partition coefficient (Wildman–Crippen LogP) is 1.59. The lowest BCUT2D eigenvalue weighted by atomic mass is 9.92. The highest BCUT2D eigenvalue weighted by Crippen LogP contribution is 2.30. The van der Waals surface area contributed by atoms with Gasteiger partial charge in [-0.2, -0.15) is 0 Å². The highest BCUT2D eigenvalue weighted by Gasteiger charge is 2.23. The minimum Gasteiger partial charge on any atom is -0.348 e. The van der Waals surface area contributed by atoms with Crippen molar-refractivity contribution in [2.24, 2.45) is 5.73 Å². The van der Waals surface area contributed by atoms with Crippen LogP contribution in [-0.2, 0) is 6.54 Å². The molecule has 3 nitrogen and oxygen atoms in total. The van der Waals surface area contributed by atoms with Gasteiger partial charge in [0.25, 0.3) is 0 Å². The first-order chi connectivity index (χ1) is 6.31. The van der Waals surface area contributed by atoms with Crippen molar-refractivity contribution in [1.29, 1.82) is 0 Å². The molecule has 1 saturated carbocycles. The van der Waals surface area contributed by atoms with Gasteiger partial charge < -0.3 is 10.6 Å². The van der Waals surface area contributed by atoms with Crippen LogP contribution >= 0.6 is 11.3 Å². The third kappa shape index (κ3) is 1.69. The Morgan fingerprint density at radius 1 is 1.69 bits per heavy atom. The molecule has 1 aromatic rings. The summed E-state index contributed by atoms with van der Waals surface area (Å²) in [5, 5.41) is 1.12. The van der Waals surface area contributed by atoms with E-state index in [-0.39, 0.29) is 0 Å². The van der Waals surface area contributed by atoms with Crippen molar-refractivity contribution in [1.82, 2.24) is 4.98 Å². The van der Waals surface area contributed by atoms with Crippen molar-refractivity contribution in [2.75, 3.05) is 11.9 Å². The van der Waals surface area contributed by atoms with E-state index in [0.29, 0.717) is 6.54 Å². The molecule has 1 aliphatic rings. The van der Waals surface area contributed by atoms with Crippen molar-refractivity contribution in [2.45, 2.75) is 31.8 Å². The number of anilines is 1. The number of nitrogens with zero attached hydrogens (tertiary/aromatic N) is 2. The summed E-state index contributed by atoms with van der Waals surface area (Å²) in [5.74, 6) is 0. The Balaban J connectivity index is 2.05. The topological polar surface area (TPSA) is 42.2 Å². The van der Waals surface area contributed by atoms with Gasteiger partial charge in [-0.25, -0.2) is 4.98 Å². The molecule has 0 radical (unpaired) electrons. The Bertz CT molecular complexity index is 280. The van der Waals surface area contributed by atoms with Crippen LogP contribution in [0.5, 0.6) is 0 Å². The van der Waals surface area contributed by atoms with E-state index in [2.05, 4.69) is 16.9 Å². The molecule has 0 saturated heterocycles. The van der Waals surface area contributed by atoms with E-state index in [1.54, 1.807) is 11.3 Å². The van der Waals surface area contributed by atoms with E-state index < -0.39 is 0 Å². The fourth-order valence-electron chi connectivity index (χ4n) is 1.48. The van der Waals surface area contributed by atoms with Gasteiger partial charge in [0.2, 0.25) is 0 Å². The molecule has 13 heavy (non-hydrogen) atoms. The van der Waals surface area contributed by atoms with Crippen LogP contribution in [0.4, 0.5) is 5.13 Å². The van der Waals surface area contributed by atoms with E-state index >= 15 is 0 Å². The maximum atomic E-state index is 5.54. The Morgan fingerprint density at radius 2 is 2.46 bits per heavy atom. The van der Waals surface area contributed by atoms with Crippen LogP contribution < -0.4 is 10.6 Å². The standard InChI is InChI=1S/C9H15N3S/c1-12(7-3-2-4-7)9-11-6-8(5-10)13-9/h6-7H,2-5,10H2,1H3. The monoisotopic (exact) mass is 197 g/mol. The molecule has 1 heterocycles. The quantitative estimate of drug-likeness (QED) is 0.800. The Labute approximate surface area is 82.6 Å². The van der Waals surface area contributed by atoms with Gasteiger partial charge >= 0.3 is 0 Å². The number of hydrogen-bond donors (Lipinski definition) is 1. The van der Waals surface area contributed by atoms with Crippen molar-refractivity contribution in [3.63, 3.8) is 0 Å². The third-order valence-corrected chi connectivity index (χ3v) is 3.78. The third-order valence-electron chi connectivity index (χ3n) is 2.67. The predicted molar refractivity (Wildman–Crippen MR) is 56.0 cm³/mol. The van der Waals surface area contributed by atoms with Crippen LogP contribution in [0.15, 0.2) is 6.20 Å². The second-order valence-corrected chi connectivity index (χ2v) is 4.60. The number of nitrogens with two attached hydrogens (primary N) is 1.